The summed E-state index contributed by atoms with van der Waals surface area (Å²) >= 11 is 0. The first-order valence-corrected chi connectivity index (χ1v) is 7.30. The SMILES string of the molecule is COCCN(C)c1nn(-c2ccc(C)cc2)c2cnccc12. The van der Waals surface area contributed by atoms with Crippen molar-refractivity contribution >= 4 is 16.7 Å². The zero-order chi connectivity index (χ0) is 15.5. The van der Waals surface area contributed by atoms with Crippen LogP contribution < -0.4 is 4.90 Å². The number of aryl methyl sites for hydroxylation is 1. The Kier molecular flexibility index (Phi) is 4.06. The van der Waals surface area contributed by atoms with E-state index in [1.807, 2.05) is 24.0 Å². The fourth-order valence-corrected chi connectivity index (χ4v) is 2.45. The summed E-state index contributed by atoms with van der Waals surface area (Å²) in [5, 5.41) is 5.88. The van der Waals surface area contributed by atoms with Gasteiger partial charge in [0, 0.05) is 32.3 Å². The molecule has 0 N–H and O–H groups in total. The van der Waals surface area contributed by atoms with E-state index in [1.165, 1.54) is 5.56 Å². The summed E-state index contributed by atoms with van der Waals surface area (Å²) in [7, 11) is 3.74. The highest BCUT2D eigenvalue weighted by Gasteiger charge is 2.14. The summed E-state index contributed by atoms with van der Waals surface area (Å²) in [6.07, 6.45) is 3.66. The van der Waals surface area contributed by atoms with Crippen LogP contribution in [-0.2, 0) is 4.74 Å². The van der Waals surface area contributed by atoms with Gasteiger partial charge in [0.05, 0.1) is 24.0 Å². The summed E-state index contributed by atoms with van der Waals surface area (Å²) in [5.74, 6) is 0.940. The molecule has 0 aliphatic rings. The van der Waals surface area contributed by atoms with Crippen molar-refractivity contribution in [2.75, 3.05) is 32.2 Å². The molecule has 0 unspecified atom stereocenters. The second kappa shape index (κ2) is 6.15. The number of hydrogen-bond acceptors (Lipinski definition) is 4. The molecule has 2 heterocycles. The van der Waals surface area contributed by atoms with E-state index in [9.17, 15) is 0 Å². The summed E-state index contributed by atoms with van der Waals surface area (Å²) in [4.78, 5) is 6.36. The molecule has 114 valence electrons. The number of rotatable bonds is 5. The zero-order valence-electron chi connectivity index (χ0n) is 13.2. The molecule has 0 radical (unpaired) electrons. The first kappa shape index (κ1) is 14.5. The monoisotopic (exact) mass is 296 g/mol. The van der Waals surface area contributed by atoms with E-state index in [1.54, 1.807) is 13.3 Å². The maximum atomic E-state index is 5.16. The Morgan fingerprint density at radius 3 is 2.68 bits per heavy atom. The molecule has 22 heavy (non-hydrogen) atoms. The first-order chi connectivity index (χ1) is 10.7. The third-order valence-corrected chi connectivity index (χ3v) is 3.73. The van der Waals surface area contributed by atoms with Crippen molar-refractivity contribution in [3.8, 4) is 5.69 Å². The minimum Gasteiger partial charge on any atom is -0.383 e. The number of fused-ring (bicyclic) bond motifs is 1. The molecule has 0 spiro atoms. The zero-order valence-corrected chi connectivity index (χ0v) is 13.2. The maximum absolute atomic E-state index is 5.16. The van der Waals surface area contributed by atoms with Gasteiger partial charge in [-0.1, -0.05) is 17.7 Å². The Morgan fingerprint density at radius 1 is 1.18 bits per heavy atom. The van der Waals surface area contributed by atoms with Crippen LogP contribution in [0.1, 0.15) is 5.56 Å². The highest BCUT2D eigenvalue weighted by atomic mass is 16.5. The fourth-order valence-electron chi connectivity index (χ4n) is 2.45. The average Bonchev–Trinajstić information content (AvgIpc) is 2.93. The van der Waals surface area contributed by atoms with Crippen LogP contribution in [0.3, 0.4) is 0 Å². The van der Waals surface area contributed by atoms with Crippen molar-refractivity contribution in [3.05, 3.63) is 48.3 Å². The second-order valence-corrected chi connectivity index (χ2v) is 5.38. The van der Waals surface area contributed by atoms with E-state index >= 15 is 0 Å². The molecule has 5 heteroatoms. The largest absolute Gasteiger partial charge is 0.383 e. The van der Waals surface area contributed by atoms with Gasteiger partial charge in [0.15, 0.2) is 5.82 Å². The van der Waals surface area contributed by atoms with E-state index in [2.05, 4.69) is 41.1 Å². The molecule has 0 atom stereocenters. The summed E-state index contributed by atoms with van der Waals surface area (Å²) in [5.41, 5.74) is 3.27. The van der Waals surface area contributed by atoms with Gasteiger partial charge in [-0.2, -0.15) is 0 Å². The smallest absolute Gasteiger partial charge is 0.158 e. The van der Waals surface area contributed by atoms with Crippen LogP contribution in [-0.4, -0.2) is 42.1 Å². The van der Waals surface area contributed by atoms with E-state index in [-0.39, 0.29) is 0 Å². The van der Waals surface area contributed by atoms with Gasteiger partial charge in [-0.05, 0) is 25.1 Å². The van der Waals surface area contributed by atoms with Gasteiger partial charge in [-0.25, -0.2) is 4.68 Å². The number of methoxy groups -OCH3 is 1. The highest BCUT2D eigenvalue weighted by Crippen LogP contribution is 2.27. The molecule has 0 saturated carbocycles. The minimum absolute atomic E-state index is 0.667. The van der Waals surface area contributed by atoms with Gasteiger partial charge in [0.25, 0.3) is 0 Å². The van der Waals surface area contributed by atoms with Gasteiger partial charge in [0.2, 0.25) is 0 Å². The number of benzene rings is 1. The summed E-state index contributed by atoms with van der Waals surface area (Å²) in [6.45, 7) is 3.54. The molecule has 1 aromatic carbocycles. The number of ether oxygens (including phenoxy) is 1. The van der Waals surface area contributed by atoms with Gasteiger partial charge in [0.1, 0.15) is 0 Å². The van der Waals surface area contributed by atoms with Crippen molar-refractivity contribution in [2.45, 2.75) is 6.92 Å². The molecule has 3 rings (SSSR count). The Morgan fingerprint density at radius 2 is 1.95 bits per heavy atom. The lowest BCUT2D eigenvalue weighted by atomic mass is 10.2. The quantitative estimate of drug-likeness (QED) is 0.726. The molecule has 0 aliphatic heterocycles. The number of aromatic nitrogens is 3. The Balaban J connectivity index is 2.09. The first-order valence-electron chi connectivity index (χ1n) is 7.30. The van der Waals surface area contributed by atoms with E-state index < -0.39 is 0 Å². The van der Waals surface area contributed by atoms with Crippen LogP contribution in [0.25, 0.3) is 16.6 Å². The van der Waals surface area contributed by atoms with Gasteiger partial charge in [-0.3, -0.25) is 4.98 Å². The predicted octanol–water partition coefficient (Wildman–Crippen LogP) is 2.81. The van der Waals surface area contributed by atoms with Crippen molar-refractivity contribution in [1.82, 2.24) is 14.8 Å². The molecule has 0 aliphatic carbocycles. The molecule has 2 aromatic heterocycles. The number of nitrogens with zero attached hydrogens (tertiary/aromatic N) is 4. The lowest BCUT2D eigenvalue weighted by Crippen LogP contribution is -2.22. The van der Waals surface area contributed by atoms with Gasteiger partial charge < -0.3 is 9.64 Å². The normalized spacial score (nSPS) is 11.0. The topological polar surface area (TPSA) is 43.2 Å². The summed E-state index contributed by atoms with van der Waals surface area (Å²) in [6, 6.07) is 10.3. The van der Waals surface area contributed by atoms with Crippen molar-refractivity contribution in [2.24, 2.45) is 0 Å². The third kappa shape index (κ3) is 2.67. The van der Waals surface area contributed by atoms with Crippen LogP contribution in [0.5, 0.6) is 0 Å². The molecular weight excluding hydrogens is 276 g/mol. The van der Waals surface area contributed by atoms with E-state index in [4.69, 9.17) is 9.84 Å². The second-order valence-electron chi connectivity index (χ2n) is 5.38. The average molecular weight is 296 g/mol. The highest BCUT2D eigenvalue weighted by molar-refractivity contribution is 5.91. The van der Waals surface area contributed by atoms with Crippen LogP contribution in [0.4, 0.5) is 5.82 Å². The number of likely N-dealkylation sites (N-methyl/N-ethyl adjacent to an activating group) is 1. The van der Waals surface area contributed by atoms with Crippen molar-refractivity contribution in [3.63, 3.8) is 0 Å². The van der Waals surface area contributed by atoms with Crippen LogP contribution in [0.15, 0.2) is 42.7 Å². The lowest BCUT2D eigenvalue weighted by molar-refractivity contribution is 0.206. The Labute approximate surface area is 130 Å². The summed E-state index contributed by atoms with van der Waals surface area (Å²) < 4.78 is 7.11. The van der Waals surface area contributed by atoms with E-state index in [0.717, 1.165) is 29.0 Å². The Bertz CT molecular complexity index is 764. The predicted molar refractivity (Wildman–Crippen MR) is 88.7 cm³/mol. The number of pyridine rings is 1. The van der Waals surface area contributed by atoms with Gasteiger partial charge in [-0.15, -0.1) is 5.10 Å². The van der Waals surface area contributed by atoms with Crippen LogP contribution >= 0.6 is 0 Å². The minimum atomic E-state index is 0.667. The van der Waals surface area contributed by atoms with Crippen LogP contribution in [0.2, 0.25) is 0 Å². The molecule has 0 amide bonds. The molecule has 5 nitrogen and oxygen atoms in total. The van der Waals surface area contributed by atoms with Gasteiger partial charge >= 0.3 is 0 Å². The standard InChI is InChI=1S/C17H20N4O/c1-13-4-6-14(7-5-13)21-16-12-18-9-8-15(16)17(19-21)20(2)10-11-22-3/h4-9,12H,10-11H2,1-3H3. The maximum Gasteiger partial charge on any atom is 0.158 e. The van der Waals surface area contributed by atoms with Crippen LogP contribution in [0, 0.1) is 6.92 Å². The van der Waals surface area contributed by atoms with Crippen molar-refractivity contribution in [1.29, 1.82) is 0 Å². The molecule has 0 fully saturated rings. The molecule has 0 bridgehead atoms. The number of anilines is 1. The third-order valence-electron chi connectivity index (χ3n) is 3.73. The van der Waals surface area contributed by atoms with Crippen molar-refractivity contribution < 1.29 is 4.74 Å². The molecule has 0 saturated heterocycles. The Hall–Kier alpha value is -2.40. The lowest BCUT2D eigenvalue weighted by Gasteiger charge is -2.15. The molecule has 3 aromatic rings. The van der Waals surface area contributed by atoms with E-state index in [0.29, 0.717) is 6.61 Å². The fraction of sp³-hybridized carbons (Fsp3) is 0.294. The molecular formula is C17H20N4O. The number of hydrogen-bond donors (Lipinski definition) is 0.